The van der Waals surface area contributed by atoms with Gasteiger partial charge in [0.2, 0.25) is 0 Å². The van der Waals surface area contributed by atoms with Crippen LogP contribution >= 0.6 is 11.6 Å². The van der Waals surface area contributed by atoms with E-state index in [9.17, 15) is 4.79 Å². The second kappa shape index (κ2) is 4.58. The molecule has 0 fully saturated rings. The number of aromatic nitrogens is 1. The summed E-state index contributed by atoms with van der Waals surface area (Å²) in [5, 5.41) is 0.991. The number of rotatable bonds is 2. The predicted octanol–water partition coefficient (Wildman–Crippen LogP) is 3.38. The van der Waals surface area contributed by atoms with Crippen LogP contribution in [0.1, 0.15) is 12.5 Å². The summed E-state index contributed by atoms with van der Waals surface area (Å²) < 4.78 is 6.45. The fraction of sp³-hybridized carbons (Fsp3) is 0.250. The SMILES string of the molecule is CCOC(=O)n1ccc2c(CCl)cccc21. The van der Waals surface area contributed by atoms with Crippen LogP contribution in [0.5, 0.6) is 0 Å². The van der Waals surface area contributed by atoms with Crippen molar-refractivity contribution in [3.05, 3.63) is 36.0 Å². The zero-order valence-corrected chi connectivity index (χ0v) is 9.70. The number of halogens is 1. The van der Waals surface area contributed by atoms with Crippen molar-refractivity contribution >= 4 is 28.6 Å². The second-order valence-electron chi connectivity index (χ2n) is 3.37. The van der Waals surface area contributed by atoms with Crippen LogP contribution in [0.25, 0.3) is 10.9 Å². The van der Waals surface area contributed by atoms with Crippen molar-refractivity contribution in [1.82, 2.24) is 4.57 Å². The molecule has 0 aliphatic rings. The molecule has 0 unspecified atom stereocenters. The number of fused-ring (bicyclic) bond motifs is 1. The summed E-state index contributed by atoms with van der Waals surface area (Å²) in [4.78, 5) is 11.6. The van der Waals surface area contributed by atoms with Crippen LogP contribution in [-0.4, -0.2) is 17.3 Å². The topological polar surface area (TPSA) is 31.2 Å². The minimum absolute atomic E-state index is 0.357. The lowest BCUT2D eigenvalue weighted by Crippen LogP contribution is -2.11. The first kappa shape index (κ1) is 11.0. The lowest BCUT2D eigenvalue weighted by atomic mass is 10.1. The summed E-state index contributed by atoms with van der Waals surface area (Å²) in [7, 11) is 0. The number of carbonyl (C=O) groups excluding carboxylic acids is 1. The number of benzene rings is 1. The van der Waals surface area contributed by atoms with E-state index in [4.69, 9.17) is 16.3 Å². The molecule has 0 aliphatic carbocycles. The van der Waals surface area contributed by atoms with Crippen molar-refractivity contribution in [3.63, 3.8) is 0 Å². The molecule has 0 aliphatic heterocycles. The Morgan fingerprint density at radius 3 is 2.94 bits per heavy atom. The minimum atomic E-state index is -0.357. The first-order chi connectivity index (χ1) is 7.77. The zero-order valence-electron chi connectivity index (χ0n) is 8.94. The van der Waals surface area contributed by atoms with Gasteiger partial charge in [0.15, 0.2) is 0 Å². The number of hydrogen-bond acceptors (Lipinski definition) is 2. The van der Waals surface area contributed by atoms with Gasteiger partial charge in [0, 0.05) is 17.5 Å². The van der Waals surface area contributed by atoms with E-state index in [1.165, 1.54) is 4.57 Å². The van der Waals surface area contributed by atoms with Gasteiger partial charge in [0.1, 0.15) is 0 Å². The van der Waals surface area contributed by atoms with Gasteiger partial charge in [-0.25, -0.2) is 4.79 Å². The molecule has 0 saturated carbocycles. The molecule has 0 radical (unpaired) electrons. The highest BCUT2D eigenvalue weighted by atomic mass is 35.5. The highest BCUT2D eigenvalue weighted by Gasteiger charge is 2.10. The molecule has 4 heteroatoms. The zero-order chi connectivity index (χ0) is 11.5. The summed E-state index contributed by atoms with van der Waals surface area (Å²) >= 11 is 5.83. The first-order valence-corrected chi connectivity index (χ1v) is 5.63. The smallest absolute Gasteiger partial charge is 0.418 e. The molecule has 0 bridgehead atoms. The average Bonchev–Trinajstić information content (AvgIpc) is 2.72. The lowest BCUT2D eigenvalue weighted by molar-refractivity contribution is 0.155. The molecule has 3 nitrogen and oxygen atoms in total. The van der Waals surface area contributed by atoms with Gasteiger partial charge in [-0.05, 0) is 24.6 Å². The van der Waals surface area contributed by atoms with Gasteiger partial charge in [-0.2, -0.15) is 0 Å². The molecule has 2 aromatic rings. The quantitative estimate of drug-likeness (QED) is 0.750. The molecule has 1 heterocycles. The Morgan fingerprint density at radius 1 is 1.44 bits per heavy atom. The van der Waals surface area contributed by atoms with Gasteiger partial charge in [-0.1, -0.05) is 12.1 Å². The van der Waals surface area contributed by atoms with Gasteiger partial charge in [0.25, 0.3) is 0 Å². The van der Waals surface area contributed by atoms with Crippen molar-refractivity contribution in [2.45, 2.75) is 12.8 Å². The molecule has 1 aromatic carbocycles. The maximum atomic E-state index is 11.6. The molecule has 0 N–H and O–H groups in total. The molecular weight excluding hydrogens is 226 g/mol. The van der Waals surface area contributed by atoms with Gasteiger partial charge < -0.3 is 4.74 Å². The Bertz CT molecular complexity index is 519. The van der Waals surface area contributed by atoms with E-state index in [0.717, 1.165) is 16.5 Å². The molecule has 0 saturated heterocycles. The van der Waals surface area contributed by atoms with Crippen molar-refractivity contribution in [3.8, 4) is 0 Å². The van der Waals surface area contributed by atoms with Crippen molar-refractivity contribution in [2.24, 2.45) is 0 Å². The summed E-state index contributed by atoms with van der Waals surface area (Å²) in [6.07, 6.45) is 1.35. The van der Waals surface area contributed by atoms with Crippen LogP contribution < -0.4 is 0 Å². The highest BCUT2D eigenvalue weighted by Crippen LogP contribution is 2.21. The van der Waals surface area contributed by atoms with Gasteiger partial charge >= 0.3 is 6.09 Å². The number of carbonyl (C=O) groups is 1. The standard InChI is InChI=1S/C12H12ClNO2/c1-2-16-12(15)14-7-6-10-9(8-13)4-3-5-11(10)14/h3-7H,2,8H2,1H3. The Morgan fingerprint density at radius 2 is 2.25 bits per heavy atom. The lowest BCUT2D eigenvalue weighted by Gasteiger charge is -2.04. The van der Waals surface area contributed by atoms with Gasteiger partial charge in [0.05, 0.1) is 12.1 Å². The first-order valence-electron chi connectivity index (χ1n) is 5.10. The van der Waals surface area contributed by atoms with Crippen molar-refractivity contribution in [2.75, 3.05) is 6.61 Å². The van der Waals surface area contributed by atoms with Gasteiger partial charge in [-0.15, -0.1) is 11.6 Å². The fourth-order valence-electron chi connectivity index (χ4n) is 1.70. The van der Waals surface area contributed by atoms with Gasteiger partial charge in [-0.3, -0.25) is 4.57 Å². The van der Waals surface area contributed by atoms with E-state index in [1.54, 1.807) is 13.1 Å². The maximum Gasteiger partial charge on any atom is 0.418 e. The van der Waals surface area contributed by atoms with Crippen molar-refractivity contribution in [1.29, 1.82) is 0 Å². The highest BCUT2D eigenvalue weighted by molar-refractivity contribution is 6.18. The van der Waals surface area contributed by atoms with Crippen LogP contribution in [0.3, 0.4) is 0 Å². The largest absolute Gasteiger partial charge is 0.449 e. The van der Waals surface area contributed by atoms with E-state index in [2.05, 4.69) is 0 Å². The van der Waals surface area contributed by atoms with Crippen molar-refractivity contribution < 1.29 is 9.53 Å². The second-order valence-corrected chi connectivity index (χ2v) is 3.64. The Hall–Kier alpha value is -1.48. The average molecular weight is 238 g/mol. The molecule has 2 rings (SSSR count). The van der Waals surface area contributed by atoms with E-state index < -0.39 is 0 Å². The number of ether oxygens (including phenoxy) is 1. The number of nitrogens with zero attached hydrogens (tertiary/aromatic N) is 1. The Labute approximate surface area is 98.6 Å². The van der Waals surface area contributed by atoms with E-state index in [1.807, 2.05) is 24.3 Å². The molecule has 1 aromatic heterocycles. The van der Waals surface area contributed by atoms with Crippen LogP contribution in [0.4, 0.5) is 4.79 Å². The number of hydrogen-bond donors (Lipinski definition) is 0. The summed E-state index contributed by atoms with van der Waals surface area (Å²) in [6, 6.07) is 7.59. The summed E-state index contributed by atoms with van der Waals surface area (Å²) in [5.41, 5.74) is 1.85. The summed E-state index contributed by atoms with van der Waals surface area (Å²) in [6.45, 7) is 2.15. The van der Waals surface area contributed by atoms with E-state index >= 15 is 0 Å². The van der Waals surface area contributed by atoms with E-state index in [0.29, 0.717) is 12.5 Å². The molecule has 0 atom stereocenters. The molecule has 16 heavy (non-hydrogen) atoms. The molecule has 0 spiro atoms. The molecule has 0 amide bonds. The van der Waals surface area contributed by atoms with Crippen LogP contribution in [0.15, 0.2) is 30.5 Å². The third-order valence-electron chi connectivity index (χ3n) is 2.43. The van der Waals surface area contributed by atoms with Crippen LogP contribution in [-0.2, 0) is 10.6 Å². The van der Waals surface area contributed by atoms with Crippen LogP contribution in [0.2, 0.25) is 0 Å². The third-order valence-corrected chi connectivity index (χ3v) is 2.72. The monoisotopic (exact) mass is 237 g/mol. The summed E-state index contributed by atoms with van der Waals surface area (Å²) in [5.74, 6) is 0.435. The molecule has 84 valence electrons. The fourth-order valence-corrected chi connectivity index (χ4v) is 1.93. The Balaban J connectivity index is 2.53. The maximum absolute atomic E-state index is 11.6. The minimum Gasteiger partial charge on any atom is -0.449 e. The van der Waals surface area contributed by atoms with Crippen LogP contribution in [0, 0.1) is 0 Å². The predicted molar refractivity (Wildman–Crippen MR) is 63.9 cm³/mol. The van der Waals surface area contributed by atoms with E-state index in [-0.39, 0.29) is 6.09 Å². The number of alkyl halides is 1. The Kier molecular flexibility index (Phi) is 3.15. The molecular formula is C12H12ClNO2. The third kappa shape index (κ3) is 1.78. The normalized spacial score (nSPS) is 10.6.